The Labute approximate surface area is 390 Å². The number of fused-ring (bicyclic) bond motifs is 3. The van der Waals surface area contributed by atoms with Gasteiger partial charge in [-0.25, -0.2) is 14.4 Å². The topological polar surface area (TPSA) is 274 Å². The third-order valence-electron chi connectivity index (χ3n) is 13.4. The zero-order chi connectivity index (χ0) is 50.0. The van der Waals surface area contributed by atoms with E-state index in [1.807, 2.05) is 0 Å². The van der Waals surface area contributed by atoms with Crippen LogP contribution in [0.1, 0.15) is 97.1 Å². The lowest BCUT2D eigenvalue weighted by Gasteiger charge is -2.66. The van der Waals surface area contributed by atoms with Gasteiger partial charge < -0.3 is 59.3 Å². The first kappa shape index (κ1) is 52.8. The molecule has 1 saturated heterocycles. The van der Waals surface area contributed by atoms with Gasteiger partial charge in [-0.2, -0.15) is 0 Å². The molecule has 0 bridgehead atoms. The molecule has 0 spiro atoms. The molecule has 13 atom stereocenters. The second-order valence-corrected chi connectivity index (χ2v) is 20.3. The number of alkyl carbamates (subject to hydrolysis) is 1. The van der Waals surface area contributed by atoms with Crippen LogP contribution in [0.25, 0.3) is 0 Å². The van der Waals surface area contributed by atoms with E-state index in [4.69, 9.17) is 28.4 Å². The molecule has 2 saturated carbocycles. The van der Waals surface area contributed by atoms with Crippen molar-refractivity contribution in [2.24, 2.45) is 22.7 Å². The molecule has 5 rings (SSSR count). The molecule has 1 aliphatic heterocycles. The largest absolute Gasteiger partial charge is 0.480 e. The summed E-state index contributed by atoms with van der Waals surface area (Å²) in [5.41, 5.74) is -8.21. The Bertz CT molecular complexity index is 2110. The summed E-state index contributed by atoms with van der Waals surface area (Å²) >= 11 is 0. The van der Waals surface area contributed by atoms with Crippen molar-refractivity contribution in [2.75, 3.05) is 26.7 Å². The summed E-state index contributed by atoms with van der Waals surface area (Å²) in [6.07, 6.45) is -13.9. The molecule has 19 heteroatoms. The Morgan fingerprint density at radius 2 is 1.51 bits per heavy atom. The van der Waals surface area contributed by atoms with Crippen LogP contribution in [-0.4, -0.2) is 153 Å². The predicted molar refractivity (Wildman–Crippen MR) is 236 cm³/mol. The number of benzene rings is 2. The Morgan fingerprint density at radius 3 is 2.03 bits per heavy atom. The fourth-order valence-corrected chi connectivity index (χ4v) is 9.65. The van der Waals surface area contributed by atoms with Crippen LogP contribution in [0.4, 0.5) is 4.79 Å². The number of aliphatic carboxylic acids is 1. The molecule has 3 fully saturated rings. The van der Waals surface area contributed by atoms with E-state index in [9.17, 15) is 49.5 Å². The highest BCUT2D eigenvalue weighted by molar-refractivity contribution is 5.89. The highest BCUT2D eigenvalue weighted by atomic mass is 16.6. The molecule has 1 amide bonds. The standard InChI is InChI=1S/C48H66N2O17/c1-26-30(63-42(59)37(64-34(55)24-50(10)23-33(53)54)35(28-17-13-11-14-18-28)49-43(60)67-45(6,7)8)22-48(61,44(3,4)5)40(65-41(58)29-19-15-12-16-20-29)38-46(9,39(57)36(26)56)31(52)21-32-47(38,25-62-32)66-27(2)51/h11-20,26,30-32,35-40,52,56-57,61H,21-25H2,1-10H3,(H,49,60)(H,53,54)/t26?,30-,31-,32+,35-,36+,37+,38-,39+,40-,46+,47-,48+/m0/s1. The molecule has 67 heavy (non-hydrogen) atoms. The van der Waals surface area contributed by atoms with Crippen LogP contribution >= 0.6 is 0 Å². The summed E-state index contributed by atoms with van der Waals surface area (Å²) in [7, 11) is 1.33. The smallest absolute Gasteiger partial charge is 0.408 e. The number of aliphatic hydroxyl groups is 4. The van der Waals surface area contributed by atoms with E-state index in [0.717, 1.165) is 11.8 Å². The SMILES string of the molecule is CC(=O)O[C@@]12CO[C@@H]1C[C@H](O)[C@@]1(C)[C@H](O)[C@H](O)C(C)[C@@H](OC(=O)[C@H](OC(=O)CN(C)CC(=O)O)[C@@H](NC(=O)OC(C)(C)C)c3ccccc3)C[C@](O)(C(C)(C)C)[C@@H](OC(=O)c3ccccc3)[C@H]21. The molecule has 3 aliphatic rings. The van der Waals surface area contributed by atoms with Gasteiger partial charge in [0.15, 0.2) is 5.60 Å². The first-order valence-electron chi connectivity index (χ1n) is 22.2. The molecule has 1 heterocycles. The number of amides is 1. The maximum Gasteiger partial charge on any atom is 0.408 e. The lowest BCUT2D eigenvalue weighted by atomic mass is 9.49. The number of likely N-dealkylation sites (N-methyl/N-ethyl adjacent to an activating group) is 1. The van der Waals surface area contributed by atoms with E-state index in [2.05, 4.69) is 5.32 Å². The molecule has 2 aromatic carbocycles. The number of ether oxygens (including phenoxy) is 6. The van der Waals surface area contributed by atoms with Crippen LogP contribution in [0.3, 0.4) is 0 Å². The summed E-state index contributed by atoms with van der Waals surface area (Å²) in [5.74, 6) is -8.25. The molecule has 0 radical (unpaired) electrons. The minimum absolute atomic E-state index is 0.0552. The molecule has 2 aromatic rings. The van der Waals surface area contributed by atoms with Gasteiger partial charge in [0, 0.05) is 31.1 Å². The summed E-state index contributed by atoms with van der Waals surface area (Å²) in [6.45, 7) is 12.2. The molecule has 370 valence electrons. The van der Waals surface area contributed by atoms with E-state index >= 15 is 4.79 Å². The van der Waals surface area contributed by atoms with Gasteiger partial charge in [-0.1, -0.05) is 83.1 Å². The second kappa shape index (κ2) is 20.2. The molecular weight excluding hydrogens is 877 g/mol. The third kappa shape index (κ3) is 11.2. The highest BCUT2D eigenvalue weighted by Crippen LogP contribution is 2.61. The lowest BCUT2D eigenvalue weighted by Crippen LogP contribution is -2.80. The monoisotopic (exact) mass is 942 g/mol. The average molecular weight is 943 g/mol. The number of aliphatic hydroxyl groups excluding tert-OH is 3. The van der Waals surface area contributed by atoms with Crippen molar-refractivity contribution in [3.63, 3.8) is 0 Å². The van der Waals surface area contributed by atoms with Crippen LogP contribution in [0.15, 0.2) is 60.7 Å². The van der Waals surface area contributed by atoms with E-state index in [1.165, 1.54) is 45.2 Å². The highest BCUT2D eigenvalue weighted by Gasteiger charge is 2.76. The van der Waals surface area contributed by atoms with Crippen molar-refractivity contribution in [2.45, 2.75) is 141 Å². The van der Waals surface area contributed by atoms with E-state index in [-0.39, 0.29) is 24.2 Å². The van der Waals surface area contributed by atoms with Crippen molar-refractivity contribution in [1.29, 1.82) is 0 Å². The van der Waals surface area contributed by atoms with E-state index in [1.54, 1.807) is 77.9 Å². The average Bonchev–Trinajstić information content (AvgIpc) is 3.24. The molecule has 1 unspecified atom stereocenters. The van der Waals surface area contributed by atoms with Gasteiger partial charge in [-0.15, -0.1) is 0 Å². The summed E-state index contributed by atoms with van der Waals surface area (Å²) in [6, 6.07) is 14.2. The Balaban J connectivity index is 1.71. The first-order valence-corrected chi connectivity index (χ1v) is 22.2. The number of hydrogen-bond donors (Lipinski definition) is 6. The molecule has 0 aromatic heterocycles. The number of carbonyl (C=O) groups excluding carboxylic acids is 5. The van der Waals surface area contributed by atoms with Crippen molar-refractivity contribution < 1.29 is 82.7 Å². The number of carboxylic acid groups (broad SMARTS) is 1. The Hall–Kier alpha value is -5.18. The number of esters is 4. The third-order valence-corrected chi connectivity index (χ3v) is 13.4. The number of hydrogen-bond acceptors (Lipinski definition) is 17. The zero-order valence-corrected chi connectivity index (χ0v) is 39.7. The lowest BCUT2D eigenvalue weighted by molar-refractivity contribution is -0.359. The second-order valence-electron chi connectivity index (χ2n) is 20.3. The van der Waals surface area contributed by atoms with Gasteiger partial charge >= 0.3 is 35.9 Å². The van der Waals surface area contributed by atoms with Crippen LogP contribution in [0.5, 0.6) is 0 Å². The maximum atomic E-state index is 15.0. The quantitative estimate of drug-likeness (QED) is 0.124. The van der Waals surface area contributed by atoms with E-state index in [0.29, 0.717) is 0 Å². The number of carboxylic acids is 1. The number of nitrogens with one attached hydrogen (secondary N) is 1. The molecule has 6 N–H and O–H groups in total. The van der Waals surface area contributed by atoms with E-state index < -0.39 is 144 Å². The van der Waals surface area contributed by atoms with Crippen LogP contribution in [0, 0.1) is 22.7 Å². The number of nitrogens with zero attached hydrogens (tertiary/aromatic N) is 1. The molecule has 19 nitrogen and oxygen atoms in total. The summed E-state index contributed by atoms with van der Waals surface area (Å²) < 4.78 is 36.0. The fraction of sp³-hybridized carbons (Fsp3) is 0.625. The van der Waals surface area contributed by atoms with Crippen molar-refractivity contribution in [1.82, 2.24) is 10.2 Å². The van der Waals surface area contributed by atoms with Gasteiger partial charge in [0.2, 0.25) is 6.10 Å². The van der Waals surface area contributed by atoms with Crippen molar-refractivity contribution in [3.8, 4) is 0 Å². The summed E-state index contributed by atoms with van der Waals surface area (Å²) in [5, 5.41) is 62.6. The zero-order valence-electron chi connectivity index (χ0n) is 39.7. The van der Waals surface area contributed by atoms with Crippen molar-refractivity contribution >= 4 is 35.9 Å². The molecular formula is C48H66N2O17. The van der Waals surface area contributed by atoms with Gasteiger partial charge in [-0.05, 0) is 50.9 Å². The van der Waals surface area contributed by atoms with Crippen LogP contribution in [0.2, 0.25) is 0 Å². The van der Waals surface area contributed by atoms with Gasteiger partial charge in [0.25, 0.3) is 0 Å². The van der Waals surface area contributed by atoms with Crippen LogP contribution < -0.4 is 5.32 Å². The summed E-state index contributed by atoms with van der Waals surface area (Å²) in [4.78, 5) is 82.0. The Kier molecular flexibility index (Phi) is 15.9. The fourth-order valence-electron chi connectivity index (χ4n) is 9.65. The first-order chi connectivity index (χ1) is 31.0. The Morgan fingerprint density at radius 1 is 0.910 bits per heavy atom. The van der Waals surface area contributed by atoms with Crippen molar-refractivity contribution in [3.05, 3.63) is 71.8 Å². The predicted octanol–water partition coefficient (Wildman–Crippen LogP) is 2.94. The maximum absolute atomic E-state index is 15.0. The normalized spacial score (nSPS) is 31.6. The van der Waals surface area contributed by atoms with Crippen LogP contribution in [-0.2, 0) is 47.6 Å². The molecule has 2 aliphatic carbocycles. The van der Waals surface area contributed by atoms with Gasteiger partial charge in [0.05, 0.1) is 49.5 Å². The number of rotatable bonds is 13. The van der Waals surface area contributed by atoms with Gasteiger partial charge in [-0.3, -0.25) is 19.3 Å². The van der Waals surface area contributed by atoms with Gasteiger partial charge in [0.1, 0.15) is 35.6 Å². The minimum Gasteiger partial charge on any atom is -0.480 e. The minimum atomic E-state index is -2.38. The number of carbonyl (C=O) groups is 6.